The first kappa shape index (κ1) is 13.5. The predicted molar refractivity (Wildman–Crippen MR) is 63.2 cm³/mol. The molecule has 2 unspecified atom stereocenters. The Morgan fingerprint density at radius 3 is 2.44 bits per heavy atom. The van der Waals surface area contributed by atoms with Gasteiger partial charge in [0.1, 0.15) is 0 Å². The second-order valence-electron chi connectivity index (χ2n) is 4.98. The van der Waals surface area contributed by atoms with Gasteiger partial charge in [-0.3, -0.25) is 4.79 Å². The number of unbranched alkanes of at least 4 members (excludes halogenated alkanes) is 1. The quantitative estimate of drug-likeness (QED) is 0.735. The number of hydrogen-bond acceptors (Lipinski definition) is 2. The molecule has 1 aliphatic rings. The summed E-state index contributed by atoms with van der Waals surface area (Å²) in [6.45, 7) is 2.05. The summed E-state index contributed by atoms with van der Waals surface area (Å²) in [4.78, 5) is 11.1. The largest absolute Gasteiger partial charge is 0.481 e. The maximum atomic E-state index is 11.1. The van der Waals surface area contributed by atoms with Gasteiger partial charge in [0.2, 0.25) is 0 Å². The van der Waals surface area contributed by atoms with Gasteiger partial charge in [-0.05, 0) is 25.2 Å². The SMILES string of the molecule is CCCCC(C(=O)O)C(O)C1CCCCC1. The highest BCUT2D eigenvalue weighted by molar-refractivity contribution is 5.70. The first-order valence-corrected chi connectivity index (χ1v) is 6.57. The number of hydrogen-bond donors (Lipinski definition) is 2. The molecule has 1 aliphatic carbocycles. The molecular weight excluding hydrogens is 204 g/mol. The van der Waals surface area contributed by atoms with Crippen molar-refractivity contribution in [2.75, 3.05) is 0 Å². The lowest BCUT2D eigenvalue weighted by atomic mass is 9.79. The van der Waals surface area contributed by atoms with Gasteiger partial charge in [-0.25, -0.2) is 0 Å². The molecule has 0 aromatic heterocycles. The molecule has 16 heavy (non-hydrogen) atoms. The zero-order valence-electron chi connectivity index (χ0n) is 10.2. The molecule has 0 aliphatic heterocycles. The molecule has 0 radical (unpaired) electrons. The third kappa shape index (κ3) is 3.78. The van der Waals surface area contributed by atoms with Crippen molar-refractivity contribution in [3.05, 3.63) is 0 Å². The molecular formula is C13H24O3. The van der Waals surface area contributed by atoms with Gasteiger partial charge >= 0.3 is 5.97 Å². The van der Waals surface area contributed by atoms with Crippen molar-refractivity contribution in [1.29, 1.82) is 0 Å². The summed E-state index contributed by atoms with van der Waals surface area (Å²) < 4.78 is 0. The molecule has 2 atom stereocenters. The first-order valence-electron chi connectivity index (χ1n) is 6.57. The number of aliphatic hydroxyl groups is 1. The van der Waals surface area contributed by atoms with E-state index in [0.29, 0.717) is 6.42 Å². The number of aliphatic hydroxyl groups excluding tert-OH is 1. The summed E-state index contributed by atoms with van der Waals surface area (Å²) in [5.41, 5.74) is 0. The van der Waals surface area contributed by atoms with Crippen molar-refractivity contribution < 1.29 is 15.0 Å². The minimum Gasteiger partial charge on any atom is -0.481 e. The lowest BCUT2D eigenvalue weighted by Crippen LogP contribution is -2.35. The Morgan fingerprint density at radius 2 is 1.94 bits per heavy atom. The molecule has 94 valence electrons. The lowest BCUT2D eigenvalue weighted by molar-refractivity contribution is -0.148. The van der Waals surface area contributed by atoms with Crippen LogP contribution in [-0.4, -0.2) is 22.3 Å². The average Bonchev–Trinajstić information content (AvgIpc) is 2.30. The molecule has 2 N–H and O–H groups in total. The van der Waals surface area contributed by atoms with Crippen LogP contribution < -0.4 is 0 Å². The van der Waals surface area contributed by atoms with Gasteiger partial charge in [0.25, 0.3) is 0 Å². The van der Waals surface area contributed by atoms with Crippen molar-refractivity contribution in [2.45, 2.75) is 64.4 Å². The number of rotatable bonds is 6. The van der Waals surface area contributed by atoms with Crippen LogP contribution in [-0.2, 0) is 4.79 Å². The minimum absolute atomic E-state index is 0.215. The molecule has 0 amide bonds. The van der Waals surface area contributed by atoms with Crippen LogP contribution in [0.15, 0.2) is 0 Å². The van der Waals surface area contributed by atoms with Crippen LogP contribution in [0.1, 0.15) is 58.3 Å². The smallest absolute Gasteiger partial charge is 0.309 e. The van der Waals surface area contributed by atoms with Crippen molar-refractivity contribution in [3.8, 4) is 0 Å². The Bertz CT molecular complexity index is 209. The maximum Gasteiger partial charge on any atom is 0.309 e. The third-order valence-corrected chi connectivity index (χ3v) is 3.73. The van der Waals surface area contributed by atoms with E-state index >= 15 is 0 Å². The van der Waals surface area contributed by atoms with Gasteiger partial charge in [0.05, 0.1) is 12.0 Å². The molecule has 0 spiro atoms. The molecule has 0 bridgehead atoms. The number of carbonyl (C=O) groups is 1. The van der Waals surface area contributed by atoms with Gasteiger partial charge in [-0.2, -0.15) is 0 Å². The van der Waals surface area contributed by atoms with Crippen LogP contribution in [0, 0.1) is 11.8 Å². The van der Waals surface area contributed by atoms with Gasteiger partial charge in [-0.1, -0.05) is 39.0 Å². The zero-order chi connectivity index (χ0) is 12.0. The van der Waals surface area contributed by atoms with E-state index in [1.807, 2.05) is 6.92 Å². The number of aliphatic carboxylic acids is 1. The Balaban J connectivity index is 2.50. The second-order valence-corrected chi connectivity index (χ2v) is 4.98. The monoisotopic (exact) mass is 228 g/mol. The van der Waals surface area contributed by atoms with Gasteiger partial charge in [-0.15, -0.1) is 0 Å². The topological polar surface area (TPSA) is 57.5 Å². The van der Waals surface area contributed by atoms with Crippen molar-refractivity contribution in [1.82, 2.24) is 0 Å². The van der Waals surface area contributed by atoms with Crippen molar-refractivity contribution in [2.24, 2.45) is 11.8 Å². The van der Waals surface area contributed by atoms with Crippen LogP contribution in [0.4, 0.5) is 0 Å². The van der Waals surface area contributed by atoms with Crippen LogP contribution in [0.3, 0.4) is 0 Å². The summed E-state index contributed by atoms with van der Waals surface area (Å²) in [5, 5.41) is 19.3. The van der Waals surface area contributed by atoms with Crippen LogP contribution in [0.5, 0.6) is 0 Å². The fraction of sp³-hybridized carbons (Fsp3) is 0.923. The predicted octanol–water partition coefficient (Wildman–Crippen LogP) is 2.82. The minimum atomic E-state index is -0.827. The summed E-state index contributed by atoms with van der Waals surface area (Å²) in [6.07, 6.45) is 7.36. The molecule has 0 heterocycles. The van der Waals surface area contributed by atoms with E-state index < -0.39 is 18.0 Å². The summed E-state index contributed by atoms with van der Waals surface area (Å²) >= 11 is 0. The molecule has 1 fully saturated rings. The fourth-order valence-corrected chi connectivity index (χ4v) is 2.67. The standard InChI is InChI=1S/C13H24O3/c1-2-3-9-11(13(15)16)12(14)10-7-5-4-6-8-10/h10-12,14H,2-9H2,1H3,(H,15,16). The van der Waals surface area contributed by atoms with Crippen LogP contribution >= 0.6 is 0 Å². The number of carboxylic acids is 1. The maximum absolute atomic E-state index is 11.1. The van der Waals surface area contributed by atoms with Crippen LogP contribution in [0.2, 0.25) is 0 Å². The second kappa shape index (κ2) is 6.89. The molecule has 1 saturated carbocycles. The zero-order valence-corrected chi connectivity index (χ0v) is 10.2. The van der Waals surface area contributed by atoms with Gasteiger partial charge < -0.3 is 10.2 Å². The van der Waals surface area contributed by atoms with Crippen LogP contribution in [0.25, 0.3) is 0 Å². The summed E-state index contributed by atoms with van der Waals surface area (Å²) in [5.74, 6) is -1.17. The molecule has 3 heteroatoms. The highest BCUT2D eigenvalue weighted by Gasteiger charge is 2.32. The van der Waals surface area contributed by atoms with E-state index in [0.717, 1.165) is 38.5 Å². The fourth-order valence-electron chi connectivity index (χ4n) is 2.67. The Labute approximate surface area is 97.9 Å². The molecule has 0 aromatic carbocycles. The van der Waals surface area contributed by atoms with Crippen molar-refractivity contribution >= 4 is 5.97 Å². The molecule has 1 rings (SSSR count). The van der Waals surface area contributed by atoms with E-state index in [1.54, 1.807) is 0 Å². The van der Waals surface area contributed by atoms with Crippen molar-refractivity contribution in [3.63, 3.8) is 0 Å². The van der Waals surface area contributed by atoms with E-state index in [4.69, 9.17) is 5.11 Å². The highest BCUT2D eigenvalue weighted by Crippen LogP contribution is 2.31. The van der Waals surface area contributed by atoms with E-state index in [-0.39, 0.29) is 5.92 Å². The highest BCUT2D eigenvalue weighted by atomic mass is 16.4. The third-order valence-electron chi connectivity index (χ3n) is 3.73. The Hall–Kier alpha value is -0.570. The van der Waals surface area contributed by atoms with Gasteiger partial charge in [0.15, 0.2) is 0 Å². The van der Waals surface area contributed by atoms with Gasteiger partial charge in [0, 0.05) is 0 Å². The molecule has 0 aromatic rings. The van der Waals surface area contributed by atoms with E-state index in [9.17, 15) is 9.90 Å². The Morgan fingerprint density at radius 1 is 1.31 bits per heavy atom. The Kier molecular flexibility index (Phi) is 5.81. The van der Waals surface area contributed by atoms with E-state index in [2.05, 4.69) is 0 Å². The van der Waals surface area contributed by atoms with E-state index in [1.165, 1.54) is 6.42 Å². The first-order chi connectivity index (χ1) is 7.66. The molecule has 0 saturated heterocycles. The number of carboxylic acid groups (broad SMARTS) is 1. The normalized spacial score (nSPS) is 21.6. The summed E-state index contributed by atoms with van der Waals surface area (Å²) in [7, 11) is 0. The average molecular weight is 228 g/mol. The lowest BCUT2D eigenvalue weighted by Gasteiger charge is -2.30. The summed E-state index contributed by atoms with van der Waals surface area (Å²) in [6, 6.07) is 0. The molecule has 3 nitrogen and oxygen atoms in total.